The molecule has 2 aromatic rings. The number of hydrogen-bond donors (Lipinski definition) is 1. The predicted molar refractivity (Wildman–Crippen MR) is 76.5 cm³/mol. The van der Waals surface area contributed by atoms with E-state index >= 15 is 0 Å². The molecule has 1 aromatic carbocycles. The van der Waals surface area contributed by atoms with Gasteiger partial charge in [0.1, 0.15) is 16.5 Å². The Labute approximate surface area is 120 Å². The molecule has 0 saturated heterocycles. The number of halogens is 1. The van der Waals surface area contributed by atoms with Crippen molar-refractivity contribution in [2.75, 3.05) is 11.4 Å². The van der Waals surface area contributed by atoms with Gasteiger partial charge in [-0.1, -0.05) is 6.07 Å². The first-order valence-electron chi connectivity index (χ1n) is 6.37. The lowest BCUT2D eigenvalue weighted by Gasteiger charge is -2.15. The fourth-order valence-electron chi connectivity index (χ4n) is 2.30. The summed E-state index contributed by atoms with van der Waals surface area (Å²) in [6, 6.07) is 4.36. The number of amides is 1. The van der Waals surface area contributed by atoms with E-state index in [4.69, 9.17) is 5.73 Å². The van der Waals surface area contributed by atoms with Crippen LogP contribution < -0.4 is 10.6 Å². The van der Waals surface area contributed by atoms with Crippen molar-refractivity contribution in [3.05, 3.63) is 45.7 Å². The highest BCUT2D eigenvalue weighted by Crippen LogP contribution is 2.30. The first-order chi connectivity index (χ1) is 9.56. The molecule has 4 nitrogen and oxygen atoms in total. The third-order valence-corrected chi connectivity index (χ3v) is 4.36. The van der Waals surface area contributed by atoms with E-state index in [9.17, 15) is 9.18 Å². The highest BCUT2D eigenvalue weighted by molar-refractivity contribution is 7.09. The van der Waals surface area contributed by atoms with Crippen LogP contribution in [-0.2, 0) is 6.42 Å². The van der Waals surface area contributed by atoms with E-state index in [-0.39, 0.29) is 17.8 Å². The number of hydrogen-bond acceptors (Lipinski definition) is 4. The van der Waals surface area contributed by atoms with Gasteiger partial charge in [-0.05, 0) is 31.0 Å². The van der Waals surface area contributed by atoms with E-state index in [2.05, 4.69) is 4.98 Å². The number of carbonyl (C=O) groups excluding carboxylic acids is 1. The zero-order chi connectivity index (χ0) is 14.3. The van der Waals surface area contributed by atoms with Crippen LogP contribution in [-0.4, -0.2) is 17.4 Å². The molecule has 0 saturated carbocycles. The van der Waals surface area contributed by atoms with Gasteiger partial charge in [-0.15, -0.1) is 11.3 Å². The minimum atomic E-state index is -0.335. The Bertz CT molecular complexity index is 668. The van der Waals surface area contributed by atoms with Gasteiger partial charge in [0.15, 0.2) is 0 Å². The van der Waals surface area contributed by atoms with Crippen LogP contribution in [0.4, 0.5) is 10.1 Å². The lowest BCUT2D eigenvalue weighted by molar-refractivity contribution is 0.0985. The predicted octanol–water partition coefficient (Wildman–Crippen LogP) is 2.50. The van der Waals surface area contributed by atoms with Crippen molar-refractivity contribution in [1.82, 2.24) is 4.98 Å². The lowest BCUT2D eigenvalue weighted by atomic mass is 10.2. The molecule has 1 unspecified atom stereocenters. The molecule has 3 rings (SSSR count). The van der Waals surface area contributed by atoms with E-state index in [0.29, 0.717) is 17.9 Å². The van der Waals surface area contributed by atoms with Crippen molar-refractivity contribution in [3.8, 4) is 0 Å². The molecule has 2 N–H and O–H groups in total. The van der Waals surface area contributed by atoms with E-state index in [0.717, 1.165) is 17.0 Å². The standard InChI is InChI=1S/C14H14FN3OS/c1-8(16)13-17-11(7-20-13)14(19)18-5-4-9-2-3-10(15)6-12(9)18/h2-3,6-8H,4-5,16H2,1H3. The topological polar surface area (TPSA) is 59.2 Å². The van der Waals surface area contributed by atoms with Crippen molar-refractivity contribution in [1.29, 1.82) is 0 Å². The van der Waals surface area contributed by atoms with E-state index < -0.39 is 0 Å². The number of nitrogens with two attached hydrogens (primary N) is 1. The monoisotopic (exact) mass is 291 g/mol. The summed E-state index contributed by atoms with van der Waals surface area (Å²) < 4.78 is 13.3. The van der Waals surface area contributed by atoms with Crippen LogP contribution >= 0.6 is 11.3 Å². The van der Waals surface area contributed by atoms with Crippen LogP contribution in [0.5, 0.6) is 0 Å². The Morgan fingerprint density at radius 1 is 1.55 bits per heavy atom. The summed E-state index contributed by atoms with van der Waals surface area (Å²) in [4.78, 5) is 18.3. The Kier molecular flexibility index (Phi) is 3.27. The maximum atomic E-state index is 13.3. The molecular weight excluding hydrogens is 277 g/mol. The number of rotatable bonds is 2. The van der Waals surface area contributed by atoms with Gasteiger partial charge < -0.3 is 10.6 Å². The number of anilines is 1. The van der Waals surface area contributed by atoms with Gasteiger partial charge in [0, 0.05) is 11.9 Å². The summed E-state index contributed by atoms with van der Waals surface area (Å²) in [5.74, 6) is -0.532. The Hall–Kier alpha value is -1.79. The second-order valence-electron chi connectivity index (χ2n) is 4.84. The smallest absolute Gasteiger partial charge is 0.277 e. The molecular formula is C14H14FN3OS. The van der Waals surface area contributed by atoms with E-state index in [1.807, 2.05) is 6.92 Å². The van der Waals surface area contributed by atoms with Crippen molar-refractivity contribution >= 4 is 22.9 Å². The van der Waals surface area contributed by atoms with Crippen LogP contribution in [0.15, 0.2) is 23.6 Å². The van der Waals surface area contributed by atoms with Gasteiger partial charge in [0.25, 0.3) is 5.91 Å². The molecule has 104 valence electrons. The number of fused-ring (bicyclic) bond motifs is 1. The second kappa shape index (κ2) is 4.96. The Morgan fingerprint density at radius 2 is 2.35 bits per heavy atom. The molecule has 1 aromatic heterocycles. The zero-order valence-electron chi connectivity index (χ0n) is 11.0. The lowest BCUT2D eigenvalue weighted by Crippen LogP contribution is -2.29. The Balaban J connectivity index is 1.91. The number of thiazole rings is 1. The molecule has 0 bridgehead atoms. The first-order valence-corrected chi connectivity index (χ1v) is 7.25. The number of aromatic nitrogens is 1. The summed E-state index contributed by atoms with van der Waals surface area (Å²) in [6.07, 6.45) is 0.742. The third-order valence-electron chi connectivity index (χ3n) is 3.32. The number of benzene rings is 1. The highest BCUT2D eigenvalue weighted by Gasteiger charge is 2.27. The summed E-state index contributed by atoms with van der Waals surface area (Å²) >= 11 is 1.37. The van der Waals surface area contributed by atoms with Crippen molar-refractivity contribution in [2.45, 2.75) is 19.4 Å². The van der Waals surface area contributed by atoms with Gasteiger partial charge in [0.2, 0.25) is 0 Å². The highest BCUT2D eigenvalue weighted by atomic mass is 32.1. The van der Waals surface area contributed by atoms with Crippen molar-refractivity contribution in [2.24, 2.45) is 5.73 Å². The largest absolute Gasteiger partial charge is 0.322 e. The average Bonchev–Trinajstić information content (AvgIpc) is 3.04. The van der Waals surface area contributed by atoms with Crippen LogP contribution in [0.2, 0.25) is 0 Å². The average molecular weight is 291 g/mol. The van der Waals surface area contributed by atoms with Crippen molar-refractivity contribution in [3.63, 3.8) is 0 Å². The molecule has 0 aliphatic carbocycles. The molecule has 1 aliphatic rings. The molecule has 1 atom stereocenters. The molecule has 6 heteroatoms. The second-order valence-corrected chi connectivity index (χ2v) is 5.73. The molecule has 1 amide bonds. The summed E-state index contributed by atoms with van der Waals surface area (Å²) in [5.41, 5.74) is 7.76. The van der Waals surface area contributed by atoms with Gasteiger partial charge in [-0.25, -0.2) is 9.37 Å². The van der Waals surface area contributed by atoms with Crippen molar-refractivity contribution < 1.29 is 9.18 Å². The number of nitrogens with zero attached hydrogens (tertiary/aromatic N) is 2. The Morgan fingerprint density at radius 3 is 3.05 bits per heavy atom. The fourth-order valence-corrected chi connectivity index (χ4v) is 3.05. The summed E-state index contributed by atoms with van der Waals surface area (Å²) in [5, 5.41) is 2.44. The van der Waals surface area contributed by atoms with Gasteiger partial charge in [0.05, 0.1) is 11.7 Å². The van der Waals surface area contributed by atoms with Crippen LogP contribution in [0.25, 0.3) is 0 Å². The minimum Gasteiger partial charge on any atom is -0.322 e. The van der Waals surface area contributed by atoms with Crippen LogP contribution in [0.3, 0.4) is 0 Å². The molecule has 20 heavy (non-hydrogen) atoms. The SMILES string of the molecule is CC(N)c1nc(C(=O)N2CCc3ccc(F)cc32)cs1. The number of carbonyl (C=O) groups is 1. The molecule has 0 radical (unpaired) electrons. The van der Waals surface area contributed by atoms with Gasteiger partial charge in [-0.2, -0.15) is 0 Å². The normalized spacial score (nSPS) is 15.2. The maximum absolute atomic E-state index is 13.3. The third kappa shape index (κ3) is 2.21. The molecule has 1 aliphatic heterocycles. The fraction of sp³-hybridized carbons (Fsp3) is 0.286. The molecule has 0 fully saturated rings. The van der Waals surface area contributed by atoms with Crippen LogP contribution in [0.1, 0.15) is 34.0 Å². The van der Waals surface area contributed by atoms with E-state index in [1.54, 1.807) is 16.3 Å². The summed E-state index contributed by atoms with van der Waals surface area (Å²) in [7, 11) is 0. The quantitative estimate of drug-likeness (QED) is 0.925. The van der Waals surface area contributed by atoms with Gasteiger partial charge >= 0.3 is 0 Å². The summed E-state index contributed by atoms with van der Waals surface area (Å²) in [6.45, 7) is 2.39. The van der Waals surface area contributed by atoms with Crippen LogP contribution in [0, 0.1) is 5.82 Å². The molecule has 0 spiro atoms. The van der Waals surface area contributed by atoms with Gasteiger partial charge in [-0.3, -0.25) is 4.79 Å². The molecule has 2 heterocycles. The first kappa shape index (κ1) is 13.2. The van der Waals surface area contributed by atoms with E-state index in [1.165, 1.54) is 23.5 Å². The minimum absolute atomic E-state index is 0.190. The zero-order valence-corrected chi connectivity index (χ0v) is 11.8. The maximum Gasteiger partial charge on any atom is 0.277 e.